The first-order chi connectivity index (χ1) is 19.6. The monoisotopic (exact) mass is 662 g/mol. The van der Waals surface area contributed by atoms with Crippen molar-refractivity contribution in [3.05, 3.63) is 26.9 Å². The van der Waals surface area contributed by atoms with Crippen LogP contribution in [0.2, 0.25) is 8.67 Å². The average molecular weight is 664 g/mol. The molecule has 2 aliphatic heterocycles. The summed E-state index contributed by atoms with van der Waals surface area (Å²) >= 11 is 12.8. The second-order valence-electron chi connectivity index (χ2n) is 11.8. The van der Waals surface area contributed by atoms with E-state index in [1.807, 2.05) is 12.2 Å². The number of sulfonamides is 1. The minimum absolute atomic E-state index is 0.0918. The van der Waals surface area contributed by atoms with Crippen molar-refractivity contribution in [2.75, 3.05) is 6.54 Å². The van der Waals surface area contributed by atoms with E-state index in [2.05, 4.69) is 15.4 Å². The molecule has 3 N–H and O–H groups in total. The van der Waals surface area contributed by atoms with Crippen LogP contribution in [0, 0.1) is 5.92 Å². The molecule has 15 heteroatoms. The van der Waals surface area contributed by atoms with Gasteiger partial charge >= 0.3 is 6.09 Å². The number of thiophene rings is 1. The summed E-state index contributed by atoms with van der Waals surface area (Å²) in [7, 11) is -4.37. The normalized spacial score (nSPS) is 27.9. The number of fused-ring (bicyclic) bond motifs is 2. The van der Waals surface area contributed by atoms with Gasteiger partial charge < -0.3 is 20.3 Å². The summed E-state index contributed by atoms with van der Waals surface area (Å²) in [6.45, 7) is 5.49. The lowest BCUT2D eigenvalue weighted by atomic mass is 10.0. The van der Waals surface area contributed by atoms with Crippen molar-refractivity contribution in [2.45, 2.75) is 100 Å². The largest absolute Gasteiger partial charge is 0.444 e. The molecule has 1 saturated heterocycles. The SMILES string of the molecule is CC(C)(C)OC(=O)N[C@H]1CCCCC/C=C\[C@H]2C[C@@]2(C(=O)NS(=O)(=O)c2cc(Cl)sc2Cl)NC(=O)[C@@H]2CCCN2C1=O. The van der Waals surface area contributed by atoms with E-state index in [0.29, 0.717) is 38.6 Å². The molecule has 0 unspecified atom stereocenters. The fourth-order valence-corrected chi connectivity index (χ4v) is 8.51. The molecule has 0 bridgehead atoms. The minimum atomic E-state index is -4.37. The first kappa shape index (κ1) is 32.6. The van der Waals surface area contributed by atoms with Crippen LogP contribution in [-0.4, -0.2) is 66.9 Å². The molecule has 4 amide bonds. The van der Waals surface area contributed by atoms with Crippen molar-refractivity contribution < 1.29 is 32.3 Å². The maximum absolute atomic E-state index is 13.7. The number of nitrogens with zero attached hydrogens (tertiary/aromatic N) is 1. The third-order valence-electron chi connectivity index (χ3n) is 7.47. The van der Waals surface area contributed by atoms with Gasteiger partial charge in [0, 0.05) is 12.5 Å². The quantitative estimate of drug-likeness (QED) is 0.410. The number of rotatable bonds is 4. The summed E-state index contributed by atoms with van der Waals surface area (Å²) in [6.07, 6.45) is 7.48. The Morgan fingerprint density at radius 1 is 1.14 bits per heavy atom. The van der Waals surface area contributed by atoms with Gasteiger partial charge in [0.05, 0.1) is 4.34 Å². The number of allylic oxidation sites excluding steroid dienone is 1. The van der Waals surface area contributed by atoms with Crippen molar-refractivity contribution in [2.24, 2.45) is 5.92 Å². The number of hydrogen-bond acceptors (Lipinski definition) is 8. The Morgan fingerprint density at radius 2 is 1.88 bits per heavy atom. The summed E-state index contributed by atoms with van der Waals surface area (Å²) in [5, 5.41) is 5.47. The van der Waals surface area contributed by atoms with Crippen LogP contribution in [0.15, 0.2) is 23.1 Å². The lowest BCUT2D eigenvalue weighted by molar-refractivity contribution is -0.141. The fraction of sp³-hybridized carbons (Fsp3) is 0.630. The van der Waals surface area contributed by atoms with E-state index < -0.39 is 63.0 Å². The van der Waals surface area contributed by atoms with E-state index in [0.717, 1.165) is 30.2 Å². The van der Waals surface area contributed by atoms with Gasteiger partial charge in [-0.05, 0) is 65.4 Å². The number of carbonyl (C=O) groups excluding carboxylic acids is 4. The zero-order valence-electron chi connectivity index (χ0n) is 23.7. The average Bonchev–Trinajstić information content (AvgIpc) is 3.18. The lowest BCUT2D eigenvalue weighted by Gasteiger charge is -2.30. The van der Waals surface area contributed by atoms with Crippen molar-refractivity contribution in [3.63, 3.8) is 0 Å². The number of amides is 4. The maximum atomic E-state index is 13.7. The Hall–Kier alpha value is -2.35. The summed E-state index contributed by atoms with van der Waals surface area (Å²) in [6, 6.07) is -0.611. The first-order valence-corrected chi connectivity index (χ1v) is 17.0. The Morgan fingerprint density at radius 3 is 2.55 bits per heavy atom. The van der Waals surface area contributed by atoms with Crippen molar-refractivity contribution in [1.82, 2.24) is 20.3 Å². The molecule has 11 nitrogen and oxygen atoms in total. The molecule has 232 valence electrons. The Balaban J connectivity index is 1.57. The molecule has 0 radical (unpaired) electrons. The van der Waals surface area contributed by atoms with E-state index in [1.54, 1.807) is 20.8 Å². The van der Waals surface area contributed by atoms with Gasteiger partial charge in [-0.3, -0.25) is 14.4 Å². The minimum Gasteiger partial charge on any atom is -0.444 e. The van der Waals surface area contributed by atoms with E-state index in [1.165, 1.54) is 4.90 Å². The van der Waals surface area contributed by atoms with E-state index in [-0.39, 0.29) is 20.0 Å². The molecule has 0 spiro atoms. The number of halogens is 2. The highest BCUT2D eigenvalue weighted by Gasteiger charge is 2.61. The van der Waals surface area contributed by atoms with Gasteiger partial charge in [0.1, 0.15) is 32.5 Å². The van der Waals surface area contributed by atoms with Crippen molar-refractivity contribution in [3.8, 4) is 0 Å². The Kier molecular flexibility index (Phi) is 9.86. The Bertz CT molecular complexity index is 1370. The van der Waals surface area contributed by atoms with Gasteiger partial charge in [-0.25, -0.2) is 17.9 Å². The Labute approximate surface area is 259 Å². The molecule has 1 saturated carbocycles. The van der Waals surface area contributed by atoms with Crippen LogP contribution in [0.4, 0.5) is 4.79 Å². The highest BCUT2D eigenvalue weighted by atomic mass is 35.5. The standard InChI is InChI=1S/C27H36Cl2N4O7S2/c1-26(2,3)40-25(37)30-17-11-8-6-4-5-7-10-16-15-27(16,31-22(34)18-12-9-13-33(18)23(17)35)24(36)32-42(38,39)19-14-20(28)41-21(19)29/h7,10,14,16-18H,4-6,8-9,11-13,15H2,1-3H3,(H,30,37)(H,31,34)(H,32,36)/b10-7-/t16-,17-,18-,27+/m0/s1. The highest BCUT2D eigenvalue weighted by molar-refractivity contribution is 7.90. The fourth-order valence-electron chi connectivity index (χ4n) is 5.32. The van der Waals surface area contributed by atoms with Crippen LogP contribution >= 0.6 is 34.5 Å². The molecule has 3 heterocycles. The maximum Gasteiger partial charge on any atom is 0.408 e. The highest BCUT2D eigenvalue weighted by Crippen LogP contribution is 2.46. The first-order valence-electron chi connectivity index (χ1n) is 13.9. The zero-order chi connectivity index (χ0) is 30.9. The number of carbonyl (C=O) groups is 4. The number of hydrogen-bond donors (Lipinski definition) is 3. The van der Waals surface area contributed by atoms with Gasteiger partial charge in [0.2, 0.25) is 11.8 Å². The summed E-state index contributed by atoms with van der Waals surface area (Å²) in [5.41, 5.74) is -2.27. The van der Waals surface area contributed by atoms with Crippen molar-refractivity contribution in [1.29, 1.82) is 0 Å². The number of alkyl carbamates (subject to hydrolysis) is 1. The zero-order valence-corrected chi connectivity index (χ0v) is 26.9. The van der Waals surface area contributed by atoms with Crippen LogP contribution in [0.25, 0.3) is 0 Å². The van der Waals surface area contributed by atoms with Crippen molar-refractivity contribution >= 4 is 68.4 Å². The number of ether oxygens (including phenoxy) is 1. The molecule has 42 heavy (non-hydrogen) atoms. The molecule has 2 fully saturated rings. The summed E-state index contributed by atoms with van der Waals surface area (Å²) in [5.74, 6) is -2.29. The predicted octanol–water partition coefficient (Wildman–Crippen LogP) is 4.14. The summed E-state index contributed by atoms with van der Waals surface area (Å²) in [4.78, 5) is 54.5. The van der Waals surface area contributed by atoms with Gasteiger partial charge in [-0.2, -0.15) is 0 Å². The van der Waals surface area contributed by atoms with Crippen LogP contribution in [-0.2, 0) is 29.1 Å². The third kappa shape index (κ3) is 7.59. The molecule has 1 aromatic rings. The van der Waals surface area contributed by atoms with Gasteiger partial charge in [0.15, 0.2) is 0 Å². The third-order valence-corrected chi connectivity index (χ3v) is 10.6. The van der Waals surface area contributed by atoms with E-state index >= 15 is 0 Å². The molecule has 4 atom stereocenters. The molecular weight excluding hydrogens is 627 g/mol. The van der Waals surface area contributed by atoms with Gasteiger partial charge in [-0.1, -0.05) is 48.2 Å². The molecule has 1 aliphatic carbocycles. The molecular formula is C27H36Cl2N4O7S2. The second kappa shape index (κ2) is 12.7. The predicted molar refractivity (Wildman–Crippen MR) is 159 cm³/mol. The topological polar surface area (TPSA) is 151 Å². The molecule has 4 rings (SSSR count). The summed E-state index contributed by atoms with van der Waals surface area (Å²) < 4.78 is 33.5. The smallest absolute Gasteiger partial charge is 0.408 e. The lowest BCUT2D eigenvalue weighted by Crippen LogP contribution is -2.58. The van der Waals surface area contributed by atoms with E-state index in [9.17, 15) is 27.6 Å². The second-order valence-corrected chi connectivity index (χ2v) is 15.8. The van der Waals surface area contributed by atoms with E-state index in [4.69, 9.17) is 27.9 Å². The number of nitrogens with one attached hydrogen (secondary N) is 3. The van der Waals surface area contributed by atoms with Gasteiger partial charge in [-0.15, -0.1) is 11.3 Å². The van der Waals surface area contributed by atoms with Crippen LogP contribution < -0.4 is 15.4 Å². The van der Waals surface area contributed by atoms with Crippen LogP contribution in [0.5, 0.6) is 0 Å². The van der Waals surface area contributed by atoms with Crippen LogP contribution in [0.1, 0.15) is 72.1 Å². The molecule has 1 aromatic heterocycles. The van der Waals surface area contributed by atoms with Gasteiger partial charge in [0.25, 0.3) is 15.9 Å². The molecule has 3 aliphatic rings. The molecule has 0 aromatic carbocycles. The van der Waals surface area contributed by atoms with Crippen LogP contribution in [0.3, 0.4) is 0 Å².